The third-order valence-electron chi connectivity index (χ3n) is 2.54. The van der Waals surface area contributed by atoms with Gasteiger partial charge in [0.25, 0.3) is 0 Å². The molecule has 16 heavy (non-hydrogen) atoms. The third kappa shape index (κ3) is 5.86. The van der Waals surface area contributed by atoms with Crippen LogP contribution >= 0.6 is 0 Å². The molecule has 0 saturated heterocycles. The summed E-state index contributed by atoms with van der Waals surface area (Å²) < 4.78 is 5.70. The molecule has 0 amide bonds. The molecule has 2 atom stereocenters. The van der Waals surface area contributed by atoms with Gasteiger partial charge in [-0.05, 0) is 40.0 Å². The first kappa shape index (κ1) is 15.1. The predicted octanol–water partition coefficient (Wildman–Crippen LogP) is 3.58. The Kier molecular flexibility index (Phi) is 6.98. The number of hydrogen-bond donors (Lipinski definition) is 0. The van der Waals surface area contributed by atoms with E-state index >= 15 is 0 Å². The topological polar surface area (TPSA) is 26.3 Å². The van der Waals surface area contributed by atoms with Gasteiger partial charge >= 0.3 is 0 Å². The fourth-order valence-electron chi connectivity index (χ4n) is 1.37. The first-order valence-corrected chi connectivity index (χ1v) is 5.80. The summed E-state index contributed by atoms with van der Waals surface area (Å²) in [6, 6.07) is 0. The average Bonchev–Trinajstić information content (AvgIpc) is 2.25. The van der Waals surface area contributed by atoms with Gasteiger partial charge in [-0.25, -0.2) is 0 Å². The molecule has 91 valence electrons. The molecule has 0 bridgehead atoms. The van der Waals surface area contributed by atoms with Gasteiger partial charge in [-0.15, -0.1) is 6.58 Å². The minimum Gasteiger partial charge on any atom is -0.360 e. The Hall–Kier alpha value is -0.890. The molecule has 0 aliphatic carbocycles. The molecule has 0 aliphatic heterocycles. The molecule has 0 aliphatic rings. The number of hydrogen-bond acceptors (Lipinski definition) is 2. The van der Waals surface area contributed by atoms with Crippen molar-refractivity contribution in [3.63, 3.8) is 0 Å². The smallest absolute Gasteiger partial charge is 0.229 e. The van der Waals surface area contributed by atoms with Gasteiger partial charge in [-0.2, -0.15) is 0 Å². The van der Waals surface area contributed by atoms with Gasteiger partial charge < -0.3 is 4.74 Å². The van der Waals surface area contributed by atoms with Crippen molar-refractivity contribution in [3.05, 3.63) is 24.3 Å². The molecule has 1 radical (unpaired) electrons. The van der Waals surface area contributed by atoms with Crippen LogP contribution in [-0.2, 0) is 9.53 Å². The van der Waals surface area contributed by atoms with E-state index in [-0.39, 0.29) is 0 Å². The molecule has 0 fully saturated rings. The normalized spacial score (nSPS) is 16.0. The molecule has 0 aromatic rings. The minimum atomic E-state index is -0.449. The second kappa shape index (κ2) is 7.39. The minimum absolute atomic E-state index is 0.440. The SMILES string of the molecule is C=CC(C)(CCC=C(C)C)OC([C]=O)CC. The molecule has 2 nitrogen and oxygen atoms in total. The summed E-state index contributed by atoms with van der Waals surface area (Å²) in [5, 5.41) is 0. The fourth-order valence-corrected chi connectivity index (χ4v) is 1.37. The quantitative estimate of drug-likeness (QED) is 0.588. The highest BCUT2D eigenvalue weighted by Crippen LogP contribution is 2.22. The average molecular weight is 223 g/mol. The van der Waals surface area contributed by atoms with Gasteiger partial charge in [-0.1, -0.05) is 24.6 Å². The maximum atomic E-state index is 10.6. The largest absolute Gasteiger partial charge is 0.360 e. The molecule has 0 aromatic heterocycles. The van der Waals surface area contributed by atoms with Crippen LogP contribution in [0.1, 0.15) is 47.0 Å². The van der Waals surface area contributed by atoms with Crippen LogP contribution in [-0.4, -0.2) is 18.0 Å². The zero-order valence-corrected chi connectivity index (χ0v) is 10.9. The first-order valence-electron chi connectivity index (χ1n) is 5.80. The van der Waals surface area contributed by atoms with Crippen molar-refractivity contribution in [2.75, 3.05) is 0 Å². The second-order valence-corrected chi connectivity index (χ2v) is 4.47. The van der Waals surface area contributed by atoms with Crippen molar-refractivity contribution in [1.82, 2.24) is 0 Å². The van der Waals surface area contributed by atoms with Crippen LogP contribution in [0, 0.1) is 0 Å². The van der Waals surface area contributed by atoms with E-state index in [0.29, 0.717) is 6.42 Å². The first-order chi connectivity index (χ1) is 7.47. The van der Waals surface area contributed by atoms with Gasteiger partial charge in [0.05, 0.1) is 5.60 Å². The van der Waals surface area contributed by atoms with E-state index in [9.17, 15) is 4.79 Å². The van der Waals surface area contributed by atoms with Crippen LogP contribution in [0.3, 0.4) is 0 Å². The Morgan fingerprint density at radius 3 is 2.56 bits per heavy atom. The number of allylic oxidation sites excluding steroid dienone is 2. The Morgan fingerprint density at radius 1 is 1.56 bits per heavy atom. The zero-order chi connectivity index (χ0) is 12.6. The van der Waals surface area contributed by atoms with Crippen LogP contribution in [0.2, 0.25) is 0 Å². The van der Waals surface area contributed by atoms with Crippen LogP contribution in [0.5, 0.6) is 0 Å². The van der Waals surface area contributed by atoms with Crippen molar-refractivity contribution in [3.8, 4) is 0 Å². The second-order valence-electron chi connectivity index (χ2n) is 4.47. The molecule has 0 spiro atoms. The molecule has 0 aromatic carbocycles. The highest BCUT2D eigenvalue weighted by molar-refractivity contribution is 5.56. The molecular weight excluding hydrogens is 200 g/mol. The molecular formula is C14H23O2. The Labute approximate surface area is 99.4 Å². The standard InChI is InChI=1S/C14H23O2/c1-6-13(11-15)16-14(5,7-2)10-8-9-12(3)4/h7,9,13H,2,6,8,10H2,1,3-5H3. The van der Waals surface area contributed by atoms with E-state index in [4.69, 9.17) is 4.74 Å². The van der Waals surface area contributed by atoms with Gasteiger partial charge in [0.1, 0.15) is 6.10 Å². The van der Waals surface area contributed by atoms with Gasteiger partial charge in [0, 0.05) is 0 Å². The lowest BCUT2D eigenvalue weighted by Crippen LogP contribution is -2.32. The Morgan fingerprint density at radius 2 is 2.19 bits per heavy atom. The lowest BCUT2D eigenvalue weighted by atomic mass is 9.98. The third-order valence-corrected chi connectivity index (χ3v) is 2.54. The van der Waals surface area contributed by atoms with Crippen molar-refractivity contribution < 1.29 is 9.53 Å². The Balaban J connectivity index is 4.35. The number of rotatable bonds is 8. The van der Waals surface area contributed by atoms with E-state index < -0.39 is 11.7 Å². The van der Waals surface area contributed by atoms with Crippen molar-refractivity contribution >= 4 is 6.29 Å². The molecule has 0 saturated carbocycles. The van der Waals surface area contributed by atoms with Crippen molar-refractivity contribution in [1.29, 1.82) is 0 Å². The Bertz CT molecular complexity index is 251. The van der Waals surface area contributed by atoms with Gasteiger partial charge in [0.15, 0.2) is 0 Å². The van der Waals surface area contributed by atoms with E-state index in [2.05, 4.69) is 26.5 Å². The monoisotopic (exact) mass is 223 g/mol. The molecule has 2 heteroatoms. The fraction of sp³-hybridized carbons (Fsp3) is 0.643. The number of carbonyl (C=O) groups excluding carboxylic acids is 1. The highest BCUT2D eigenvalue weighted by atomic mass is 16.5. The summed E-state index contributed by atoms with van der Waals surface area (Å²) in [6.45, 7) is 11.8. The van der Waals surface area contributed by atoms with E-state index in [1.807, 2.05) is 20.1 Å². The maximum Gasteiger partial charge on any atom is 0.229 e. The predicted molar refractivity (Wildman–Crippen MR) is 68.1 cm³/mol. The van der Waals surface area contributed by atoms with Crippen molar-refractivity contribution in [2.45, 2.75) is 58.7 Å². The summed E-state index contributed by atoms with van der Waals surface area (Å²) in [4.78, 5) is 10.6. The zero-order valence-electron chi connectivity index (χ0n) is 10.9. The summed E-state index contributed by atoms with van der Waals surface area (Å²) >= 11 is 0. The maximum absolute atomic E-state index is 10.6. The lowest BCUT2D eigenvalue weighted by molar-refractivity contribution is -0.0276. The number of ether oxygens (including phenoxy) is 1. The summed E-state index contributed by atoms with van der Waals surface area (Å²) in [6.07, 6.45) is 7.80. The molecule has 0 rings (SSSR count). The van der Waals surface area contributed by atoms with Crippen LogP contribution < -0.4 is 0 Å². The summed E-state index contributed by atoms with van der Waals surface area (Å²) in [5.41, 5.74) is 0.852. The lowest BCUT2D eigenvalue weighted by Gasteiger charge is -2.28. The molecule has 2 unspecified atom stereocenters. The summed E-state index contributed by atoms with van der Waals surface area (Å²) in [5.74, 6) is 0. The van der Waals surface area contributed by atoms with Gasteiger partial charge in [-0.3, -0.25) is 4.79 Å². The van der Waals surface area contributed by atoms with Crippen LogP contribution in [0.4, 0.5) is 0 Å². The molecule has 0 N–H and O–H groups in total. The molecule has 0 heterocycles. The van der Waals surface area contributed by atoms with E-state index in [1.54, 1.807) is 6.08 Å². The van der Waals surface area contributed by atoms with Gasteiger partial charge in [0.2, 0.25) is 6.29 Å². The van der Waals surface area contributed by atoms with Crippen LogP contribution in [0.15, 0.2) is 24.3 Å². The van der Waals surface area contributed by atoms with E-state index in [1.165, 1.54) is 5.57 Å². The highest BCUT2D eigenvalue weighted by Gasteiger charge is 2.24. The van der Waals surface area contributed by atoms with Crippen molar-refractivity contribution in [2.24, 2.45) is 0 Å². The van der Waals surface area contributed by atoms with E-state index in [0.717, 1.165) is 12.8 Å². The van der Waals surface area contributed by atoms with Crippen LogP contribution in [0.25, 0.3) is 0 Å². The summed E-state index contributed by atoms with van der Waals surface area (Å²) in [7, 11) is 0.